The summed E-state index contributed by atoms with van der Waals surface area (Å²) in [5.74, 6) is -0.926. The number of anilines is 1. The molecule has 1 atom stereocenters. The number of hydrogen-bond donors (Lipinski definition) is 3. The van der Waals surface area contributed by atoms with Gasteiger partial charge >= 0.3 is 5.97 Å². The Kier molecular flexibility index (Phi) is 4.38. The van der Waals surface area contributed by atoms with Crippen molar-refractivity contribution in [3.8, 4) is 0 Å². The van der Waals surface area contributed by atoms with Gasteiger partial charge in [-0.1, -0.05) is 6.92 Å². The van der Waals surface area contributed by atoms with Crippen LogP contribution in [0.4, 0.5) is 5.82 Å². The van der Waals surface area contributed by atoms with Gasteiger partial charge < -0.3 is 15.7 Å². The lowest BCUT2D eigenvalue weighted by molar-refractivity contribution is -0.121. The van der Waals surface area contributed by atoms with Crippen LogP contribution in [0.1, 0.15) is 23.8 Å². The number of carboxylic acid groups (broad SMARTS) is 1. The van der Waals surface area contributed by atoms with E-state index in [9.17, 15) is 9.59 Å². The van der Waals surface area contributed by atoms with E-state index in [1.54, 1.807) is 7.05 Å². The maximum Gasteiger partial charge on any atom is 0.356 e. The van der Waals surface area contributed by atoms with Crippen molar-refractivity contribution in [2.45, 2.75) is 19.4 Å². The third-order valence-electron chi connectivity index (χ3n) is 2.16. The van der Waals surface area contributed by atoms with Gasteiger partial charge in [0.15, 0.2) is 5.69 Å². The molecule has 1 heterocycles. The standard InChI is InChI=1S/C10H14N4O3/c1-3-6(9(15)11-2)14-8-5-12-7(4-13-8)10(16)17/h4-6H,3H2,1-2H3,(H,11,15)(H,13,14)(H,16,17). The van der Waals surface area contributed by atoms with Gasteiger partial charge in [0.2, 0.25) is 5.91 Å². The highest BCUT2D eigenvalue weighted by molar-refractivity contribution is 5.85. The van der Waals surface area contributed by atoms with Crippen LogP contribution in [-0.2, 0) is 4.79 Å². The molecule has 0 aliphatic carbocycles. The van der Waals surface area contributed by atoms with Crippen LogP contribution in [-0.4, -0.2) is 40.0 Å². The van der Waals surface area contributed by atoms with Crippen molar-refractivity contribution in [2.75, 3.05) is 12.4 Å². The van der Waals surface area contributed by atoms with Gasteiger partial charge in [0, 0.05) is 7.05 Å². The number of aromatic nitrogens is 2. The molecule has 7 nitrogen and oxygen atoms in total. The van der Waals surface area contributed by atoms with Crippen molar-refractivity contribution in [1.82, 2.24) is 15.3 Å². The molecule has 0 saturated carbocycles. The number of aromatic carboxylic acids is 1. The third kappa shape index (κ3) is 3.40. The second kappa shape index (κ2) is 5.78. The van der Waals surface area contributed by atoms with E-state index in [2.05, 4.69) is 20.6 Å². The Morgan fingerprint density at radius 3 is 2.53 bits per heavy atom. The summed E-state index contributed by atoms with van der Waals surface area (Å²) < 4.78 is 0. The molecule has 0 saturated heterocycles. The van der Waals surface area contributed by atoms with Crippen LogP contribution in [0.5, 0.6) is 0 Å². The topological polar surface area (TPSA) is 104 Å². The Bertz CT molecular complexity index is 405. The van der Waals surface area contributed by atoms with Crippen LogP contribution in [0, 0.1) is 0 Å². The van der Waals surface area contributed by atoms with Gasteiger partial charge in [-0.05, 0) is 6.42 Å². The molecule has 92 valence electrons. The summed E-state index contributed by atoms with van der Waals surface area (Å²) in [5.41, 5.74) is -0.136. The monoisotopic (exact) mass is 238 g/mol. The highest BCUT2D eigenvalue weighted by Gasteiger charge is 2.15. The lowest BCUT2D eigenvalue weighted by Gasteiger charge is -2.15. The highest BCUT2D eigenvalue weighted by atomic mass is 16.4. The predicted molar refractivity (Wildman–Crippen MR) is 60.8 cm³/mol. The summed E-state index contributed by atoms with van der Waals surface area (Å²) in [6.45, 7) is 1.85. The van der Waals surface area contributed by atoms with Gasteiger partial charge in [-0.25, -0.2) is 14.8 Å². The van der Waals surface area contributed by atoms with E-state index in [0.717, 1.165) is 6.20 Å². The summed E-state index contributed by atoms with van der Waals surface area (Å²) >= 11 is 0. The molecule has 7 heteroatoms. The average Bonchev–Trinajstić information content (AvgIpc) is 2.35. The zero-order chi connectivity index (χ0) is 12.8. The molecule has 0 aliphatic rings. The van der Waals surface area contributed by atoms with Crippen molar-refractivity contribution in [2.24, 2.45) is 0 Å². The molecule has 1 aromatic heterocycles. The lowest BCUT2D eigenvalue weighted by Crippen LogP contribution is -2.37. The van der Waals surface area contributed by atoms with Gasteiger partial charge in [0.05, 0.1) is 12.4 Å². The zero-order valence-electron chi connectivity index (χ0n) is 9.60. The minimum Gasteiger partial charge on any atom is -0.476 e. The molecule has 1 unspecified atom stereocenters. The number of likely N-dealkylation sites (N-methyl/N-ethyl adjacent to an activating group) is 1. The maximum absolute atomic E-state index is 11.4. The van der Waals surface area contributed by atoms with Gasteiger partial charge in [-0.2, -0.15) is 0 Å². The second-order valence-corrected chi connectivity index (χ2v) is 3.31. The first-order valence-electron chi connectivity index (χ1n) is 5.12. The molecule has 0 bridgehead atoms. The molecular weight excluding hydrogens is 224 g/mol. The number of carbonyl (C=O) groups excluding carboxylic acids is 1. The first-order chi connectivity index (χ1) is 8.08. The number of nitrogens with zero attached hydrogens (tertiary/aromatic N) is 2. The largest absolute Gasteiger partial charge is 0.476 e. The van der Waals surface area contributed by atoms with E-state index in [4.69, 9.17) is 5.11 Å². The number of carboxylic acids is 1. The van der Waals surface area contributed by atoms with Crippen molar-refractivity contribution >= 4 is 17.7 Å². The van der Waals surface area contributed by atoms with Crippen molar-refractivity contribution in [3.05, 3.63) is 18.1 Å². The molecule has 3 N–H and O–H groups in total. The Balaban J connectivity index is 2.74. The molecule has 0 fully saturated rings. The smallest absolute Gasteiger partial charge is 0.356 e. The fourth-order valence-electron chi connectivity index (χ4n) is 1.22. The Morgan fingerprint density at radius 1 is 1.41 bits per heavy atom. The van der Waals surface area contributed by atoms with Crippen molar-refractivity contribution in [1.29, 1.82) is 0 Å². The van der Waals surface area contributed by atoms with Crippen LogP contribution < -0.4 is 10.6 Å². The number of carbonyl (C=O) groups is 2. The van der Waals surface area contributed by atoms with Crippen LogP contribution >= 0.6 is 0 Å². The molecule has 1 amide bonds. The zero-order valence-corrected chi connectivity index (χ0v) is 9.60. The molecule has 0 aliphatic heterocycles. The number of hydrogen-bond acceptors (Lipinski definition) is 5. The molecular formula is C10H14N4O3. The highest BCUT2D eigenvalue weighted by Crippen LogP contribution is 2.05. The quantitative estimate of drug-likeness (QED) is 0.672. The minimum absolute atomic E-state index is 0.136. The molecule has 1 rings (SSSR count). The Morgan fingerprint density at radius 2 is 2.12 bits per heavy atom. The maximum atomic E-state index is 11.4. The molecule has 0 radical (unpaired) electrons. The molecule has 0 aromatic carbocycles. The minimum atomic E-state index is -1.14. The number of nitrogens with one attached hydrogen (secondary N) is 2. The normalized spacial score (nSPS) is 11.6. The van der Waals surface area contributed by atoms with Crippen LogP contribution in [0.15, 0.2) is 12.4 Å². The summed E-state index contributed by atoms with van der Waals surface area (Å²) in [6.07, 6.45) is 3.01. The van der Waals surface area contributed by atoms with E-state index in [1.807, 2.05) is 6.92 Å². The van der Waals surface area contributed by atoms with Crippen molar-refractivity contribution < 1.29 is 14.7 Å². The number of rotatable bonds is 5. The third-order valence-corrected chi connectivity index (χ3v) is 2.16. The number of amides is 1. The van der Waals surface area contributed by atoms with E-state index < -0.39 is 12.0 Å². The summed E-state index contributed by atoms with van der Waals surface area (Å²) in [4.78, 5) is 29.5. The van der Waals surface area contributed by atoms with Gasteiger partial charge in [-0.15, -0.1) is 0 Å². The van der Waals surface area contributed by atoms with E-state index in [1.165, 1.54) is 6.20 Å². The Labute approximate surface area is 98.3 Å². The van der Waals surface area contributed by atoms with Gasteiger partial charge in [0.1, 0.15) is 11.9 Å². The SMILES string of the molecule is CCC(Nc1cnc(C(=O)O)cn1)C(=O)NC. The van der Waals surface area contributed by atoms with Crippen LogP contribution in [0.3, 0.4) is 0 Å². The van der Waals surface area contributed by atoms with E-state index >= 15 is 0 Å². The van der Waals surface area contributed by atoms with Gasteiger partial charge in [-0.3, -0.25) is 4.79 Å². The summed E-state index contributed by atoms with van der Waals surface area (Å²) in [7, 11) is 1.55. The Hall–Kier alpha value is -2.18. The predicted octanol–water partition coefficient (Wildman–Crippen LogP) is 0.111. The lowest BCUT2D eigenvalue weighted by atomic mass is 10.2. The average molecular weight is 238 g/mol. The second-order valence-electron chi connectivity index (χ2n) is 3.31. The summed E-state index contributed by atoms with van der Waals surface area (Å²) in [6, 6.07) is -0.412. The van der Waals surface area contributed by atoms with Gasteiger partial charge in [0.25, 0.3) is 0 Å². The van der Waals surface area contributed by atoms with Crippen LogP contribution in [0.2, 0.25) is 0 Å². The van der Waals surface area contributed by atoms with E-state index in [0.29, 0.717) is 12.2 Å². The first-order valence-corrected chi connectivity index (χ1v) is 5.12. The first kappa shape index (κ1) is 12.9. The van der Waals surface area contributed by atoms with Crippen LogP contribution in [0.25, 0.3) is 0 Å². The molecule has 0 spiro atoms. The molecule has 17 heavy (non-hydrogen) atoms. The fourth-order valence-corrected chi connectivity index (χ4v) is 1.22. The fraction of sp³-hybridized carbons (Fsp3) is 0.400. The summed E-state index contributed by atoms with van der Waals surface area (Å²) in [5, 5.41) is 14.0. The van der Waals surface area contributed by atoms with Crippen molar-refractivity contribution in [3.63, 3.8) is 0 Å². The molecule has 1 aromatic rings. The van der Waals surface area contributed by atoms with E-state index in [-0.39, 0.29) is 11.6 Å².